The van der Waals surface area contributed by atoms with Crippen molar-refractivity contribution in [1.29, 1.82) is 0 Å². The summed E-state index contributed by atoms with van der Waals surface area (Å²) in [6.07, 6.45) is 0. The number of amides is 1. The van der Waals surface area contributed by atoms with Crippen molar-refractivity contribution in [3.63, 3.8) is 0 Å². The van der Waals surface area contributed by atoms with E-state index in [1.165, 1.54) is 0 Å². The number of para-hydroxylation sites is 1. The van der Waals surface area contributed by atoms with E-state index in [4.69, 9.17) is 5.73 Å². The van der Waals surface area contributed by atoms with E-state index in [0.29, 0.717) is 17.8 Å². The van der Waals surface area contributed by atoms with Gasteiger partial charge in [0.05, 0.1) is 5.56 Å². The van der Waals surface area contributed by atoms with Gasteiger partial charge in [-0.05, 0) is 29.8 Å². The predicted octanol–water partition coefficient (Wildman–Crippen LogP) is 2.26. The third-order valence-electron chi connectivity index (χ3n) is 3.03. The highest BCUT2D eigenvalue weighted by Gasteiger charge is 2.11. The van der Waals surface area contributed by atoms with Crippen molar-refractivity contribution in [3.8, 4) is 0 Å². The minimum atomic E-state index is -0.0864. The van der Waals surface area contributed by atoms with Crippen LogP contribution in [0.3, 0.4) is 0 Å². The number of carbonyl (C=O) groups excluding carboxylic acids is 1. The molecule has 0 aliphatic carbocycles. The van der Waals surface area contributed by atoms with Crippen LogP contribution in [0.2, 0.25) is 0 Å². The molecule has 2 rings (SSSR count). The van der Waals surface area contributed by atoms with Crippen LogP contribution in [0.5, 0.6) is 0 Å². The molecule has 0 bridgehead atoms. The summed E-state index contributed by atoms with van der Waals surface area (Å²) < 4.78 is 0. The van der Waals surface area contributed by atoms with Crippen molar-refractivity contribution < 1.29 is 4.79 Å². The van der Waals surface area contributed by atoms with E-state index in [1.807, 2.05) is 67.5 Å². The summed E-state index contributed by atoms with van der Waals surface area (Å²) in [5.41, 5.74) is 8.98. The van der Waals surface area contributed by atoms with Gasteiger partial charge in [-0.15, -0.1) is 0 Å². The molecule has 0 aromatic heterocycles. The Bertz CT molecular complexity index is 608. The van der Waals surface area contributed by atoms with Crippen molar-refractivity contribution in [2.45, 2.75) is 6.54 Å². The molecule has 0 heterocycles. The first-order valence-corrected chi connectivity index (χ1v) is 6.47. The van der Waals surface area contributed by atoms with Crippen molar-refractivity contribution >= 4 is 17.3 Å². The Kier molecular flexibility index (Phi) is 4.25. The minimum absolute atomic E-state index is 0.0864. The molecule has 4 nitrogen and oxygen atoms in total. The molecule has 0 saturated heterocycles. The highest BCUT2D eigenvalue weighted by Crippen LogP contribution is 2.17. The number of rotatable bonds is 4. The summed E-state index contributed by atoms with van der Waals surface area (Å²) in [5.74, 6) is -0.0864. The molecule has 0 fully saturated rings. The van der Waals surface area contributed by atoms with E-state index in [2.05, 4.69) is 5.32 Å². The fourth-order valence-electron chi connectivity index (χ4n) is 2.04. The Morgan fingerprint density at radius 2 is 1.90 bits per heavy atom. The zero-order valence-electron chi connectivity index (χ0n) is 11.8. The minimum Gasteiger partial charge on any atom is -0.399 e. The molecule has 3 N–H and O–H groups in total. The van der Waals surface area contributed by atoms with Crippen molar-refractivity contribution in [3.05, 3.63) is 59.7 Å². The number of benzene rings is 2. The van der Waals surface area contributed by atoms with Gasteiger partial charge in [0, 0.05) is 32.0 Å². The zero-order chi connectivity index (χ0) is 14.5. The first kappa shape index (κ1) is 13.9. The Balaban J connectivity index is 2.09. The largest absolute Gasteiger partial charge is 0.399 e. The Labute approximate surface area is 119 Å². The average molecular weight is 269 g/mol. The van der Waals surface area contributed by atoms with Crippen LogP contribution in [0.4, 0.5) is 11.4 Å². The lowest BCUT2D eigenvalue weighted by molar-refractivity contribution is 0.0951. The first-order valence-electron chi connectivity index (χ1n) is 6.47. The summed E-state index contributed by atoms with van der Waals surface area (Å²) in [6.45, 7) is 0.464. The van der Waals surface area contributed by atoms with Crippen LogP contribution in [-0.4, -0.2) is 20.0 Å². The van der Waals surface area contributed by atoms with Gasteiger partial charge in [-0.2, -0.15) is 0 Å². The van der Waals surface area contributed by atoms with Gasteiger partial charge in [0.15, 0.2) is 0 Å². The normalized spacial score (nSPS) is 10.1. The number of nitrogens with one attached hydrogen (secondary N) is 1. The molecule has 1 amide bonds. The van der Waals surface area contributed by atoms with Gasteiger partial charge in [0.1, 0.15) is 0 Å². The quantitative estimate of drug-likeness (QED) is 0.837. The fraction of sp³-hybridized carbons (Fsp3) is 0.188. The first-order chi connectivity index (χ1) is 9.58. The number of hydrogen-bond acceptors (Lipinski definition) is 3. The average Bonchev–Trinajstić information content (AvgIpc) is 2.45. The second-order valence-electron chi connectivity index (χ2n) is 4.84. The molecule has 0 unspecified atom stereocenters. The van der Waals surface area contributed by atoms with Gasteiger partial charge >= 0.3 is 0 Å². The van der Waals surface area contributed by atoms with Crippen molar-refractivity contribution in [2.24, 2.45) is 0 Å². The lowest BCUT2D eigenvalue weighted by atomic mass is 10.1. The Morgan fingerprint density at radius 3 is 2.60 bits per heavy atom. The molecule has 2 aromatic carbocycles. The summed E-state index contributed by atoms with van der Waals surface area (Å²) >= 11 is 0. The standard InChI is InChI=1S/C16H19N3O/c1-19(2)15-9-4-3-8-14(15)16(20)18-11-12-6-5-7-13(17)10-12/h3-10H,11,17H2,1-2H3,(H,18,20). The smallest absolute Gasteiger partial charge is 0.253 e. The Morgan fingerprint density at radius 1 is 1.15 bits per heavy atom. The lowest BCUT2D eigenvalue weighted by Crippen LogP contribution is -2.25. The molecule has 0 spiro atoms. The number of nitrogens with zero attached hydrogens (tertiary/aromatic N) is 1. The Hall–Kier alpha value is -2.49. The van der Waals surface area contributed by atoms with Gasteiger partial charge < -0.3 is 16.0 Å². The van der Waals surface area contributed by atoms with Crippen LogP contribution in [0, 0.1) is 0 Å². The van der Waals surface area contributed by atoms with Gasteiger partial charge in [0.2, 0.25) is 0 Å². The second-order valence-corrected chi connectivity index (χ2v) is 4.84. The highest BCUT2D eigenvalue weighted by molar-refractivity contribution is 5.99. The van der Waals surface area contributed by atoms with Crippen LogP contribution in [0.25, 0.3) is 0 Å². The number of nitrogens with two attached hydrogens (primary N) is 1. The lowest BCUT2D eigenvalue weighted by Gasteiger charge is -2.17. The third-order valence-corrected chi connectivity index (χ3v) is 3.03. The van der Waals surface area contributed by atoms with E-state index in [0.717, 1.165) is 11.3 Å². The molecule has 0 aliphatic heterocycles. The molecule has 20 heavy (non-hydrogen) atoms. The topological polar surface area (TPSA) is 58.4 Å². The molecule has 104 valence electrons. The maximum atomic E-state index is 12.3. The summed E-state index contributed by atoms with van der Waals surface area (Å²) in [6, 6.07) is 15.0. The predicted molar refractivity (Wildman–Crippen MR) is 82.8 cm³/mol. The third kappa shape index (κ3) is 3.29. The van der Waals surface area contributed by atoms with Crippen molar-refractivity contribution in [2.75, 3.05) is 24.7 Å². The van der Waals surface area contributed by atoms with E-state index in [-0.39, 0.29) is 5.91 Å². The SMILES string of the molecule is CN(C)c1ccccc1C(=O)NCc1cccc(N)c1. The number of hydrogen-bond donors (Lipinski definition) is 2. The summed E-state index contributed by atoms with van der Waals surface area (Å²) in [5, 5.41) is 2.92. The second kappa shape index (κ2) is 6.10. The summed E-state index contributed by atoms with van der Waals surface area (Å²) in [7, 11) is 3.84. The van der Waals surface area contributed by atoms with Gasteiger partial charge in [-0.25, -0.2) is 0 Å². The van der Waals surface area contributed by atoms with E-state index >= 15 is 0 Å². The molecular weight excluding hydrogens is 250 g/mol. The monoisotopic (exact) mass is 269 g/mol. The summed E-state index contributed by atoms with van der Waals surface area (Å²) in [4.78, 5) is 14.2. The molecule has 0 aliphatic rings. The van der Waals surface area contributed by atoms with E-state index in [9.17, 15) is 4.79 Å². The molecule has 0 radical (unpaired) electrons. The molecule has 0 saturated carbocycles. The molecule has 4 heteroatoms. The number of carbonyl (C=O) groups is 1. The fourth-order valence-corrected chi connectivity index (χ4v) is 2.04. The number of nitrogen functional groups attached to an aromatic ring is 1. The van der Waals surface area contributed by atoms with Crippen LogP contribution < -0.4 is 16.0 Å². The molecular formula is C16H19N3O. The van der Waals surface area contributed by atoms with Crippen LogP contribution in [0.1, 0.15) is 15.9 Å². The van der Waals surface area contributed by atoms with Gasteiger partial charge in [-0.3, -0.25) is 4.79 Å². The molecule has 2 aromatic rings. The number of anilines is 2. The van der Waals surface area contributed by atoms with Gasteiger partial charge in [-0.1, -0.05) is 24.3 Å². The van der Waals surface area contributed by atoms with E-state index in [1.54, 1.807) is 0 Å². The molecule has 0 atom stereocenters. The maximum absolute atomic E-state index is 12.3. The zero-order valence-corrected chi connectivity index (χ0v) is 11.8. The highest BCUT2D eigenvalue weighted by atomic mass is 16.1. The van der Waals surface area contributed by atoms with E-state index < -0.39 is 0 Å². The van der Waals surface area contributed by atoms with Gasteiger partial charge in [0.25, 0.3) is 5.91 Å². The maximum Gasteiger partial charge on any atom is 0.253 e. The van der Waals surface area contributed by atoms with Crippen LogP contribution in [-0.2, 0) is 6.54 Å². The van der Waals surface area contributed by atoms with Crippen LogP contribution in [0.15, 0.2) is 48.5 Å². The van der Waals surface area contributed by atoms with Crippen LogP contribution >= 0.6 is 0 Å². The van der Waals surface area contributed by atoms with Crippen molar-refractivity contribution in [1.82, 2.24) is 5.32 Å².